The summed E-state index contributed by atoms with van der Waals surface area (Å²) >= 11 is 0. The van der Waals surface area contributed by atoms with Gasteiger partial charge >= 0.3 is 12.1 Å². The zero-order valence-corrected chi connectivity index (χ0v) is 21.2. The second-order valence-electron chi connectivity index (χ2n) is 9.37. The van der Waals surface area contributed by atoms with Gasteiger partial charge in [-0.2, -0.15) is 0 Å². The number of alkyl carbamates (subject to hydrolysis) is 1. The number of hydrogen-bond donors (Lipinski definition) is 2. The third-order valence-electron chi connectivity index (χ3n) is 6.84. The SMILES string of the molecule is O=C(O)CN(C(=O)[C@@H](Cc1ccccc1)NC(=O)OCC1c2ccccc2-c2ccccc21)c1ccccc1. The zero-order valence-electron chi connectivity index (χ0n) is 21.2. The first kappa shape index (κ1) is 25.7. The first-order valence-electron chi connectivity index (χ1n) is 12.7. The van der Waals surface area contributed by atoms with Gasteiger partial charge in [-0.25, -0.2) is 4.79 Å². The second-order valence-corrected chi connectivity index (χ2v) is 9.37. The molecule has 2 amide bonds. The van der Waals surface area contributed by atoms with E-state index in [4.69, 9.17) is 4.74 Å². The molecule has 0 saturated carbocycles. The molecular weight excluding hydrogens is 492 g/mol. The summed E-state index contributed by atoms with van der Waals surface area (Å²) in [6, 6.07) is 32.9. The number of carboxylic acids is 1. The molecule has 5 rings (SSSR count). The Labute approximate surface area is 226 Å². The Morgan fingerprint density at radius 1 is 0.769 bits per heavy atom. The highest BCUT2D eigenvalue weighted by Gasteiger charge is 2.32. The van der Waals surface area contributed by atoms with Crippen LogP contribution < -0.4 is 10.2 Å². The van der Waals surface area contributed by atoms with Crippen molar-refractivity contribution in [2.45, 2.75) is 18.4 Å². The minimum atomic E-state index is -1.16. The number of nitrogens with zero attached hydrogens (tertiary/aromatic N) is 1. The van der Waals surface area contributed by atoms with Gasteiger partial charge < -0.3 is 15.2 Å². The lowest BCUT2D eigenvalue weighted by Gasteiger charge is -2.27. The van der Waals surface area contributed by atoms with E-state index in [1.165, 1.54) is 4.90 Å². The fourth-order valence-electron chi connectivity index (χ4n) is 5.06. The van der Waals surface area contributed by atoms with Gasteiger partial charge in [0, 0.05) is 18.0 Å². The van der Waals surface area contributed by atoms with Gasteiger partial charge in [0.25, 0.3) is 5.91 Å². The molecule has 0 bridgehead atoms. The maximum absolute atomic E-state index is 13.7. The molecule has 0 fully saturated rings. The predicted octanol–water partition coefficient (Wildman–Crippen LogP) is 5.25. The highest BCUT2D eigenvalue weighted by Crippen LogP contribution is 2.44. The quantitative estimate of drug-likeness (QED) is 0.314. The van der Waals surface area contributed by atoms with Crippen LogP contribution in [0.4, 0.5) is 10.5 Å². The number of carboxylic acid groups (broad SMARTS) is 1. The summed E-state index contributed by atoms with van der Waals surface area (Å²) in [6.07, 6.45) is -0.568. The summed E-state index contributed by atoms with van der Waals surface area (Å²) < 4.78 is 5.69. The van der Waals surface area contributed by atoms with Crippen molar-refractivity contribution < 1.29 is 24.2 Å². The molecule has 1 aliphatic carbocycles. The van der Waals surface area contributed by atoms with Gasteiger partial charge in [-0.05, 0) is 39.9 Å². The molecule has 7 heteroatoms. The zero-order chi connectivity index (χ0) is 27.2. The highest BCUT2D eigenvalue weighted by molar-refractivity contribution is 6.01. The number of aliphatic carboxylic acids is 1. The monoisotopic (exact) mass is 520 g/mol. The maximum Gasteiger partial charge on any atom is 0.407 e. The molecule has 0 saturated heterocycles. The molecule has 2 N–H and O–H groups in total. The average Bonchev–Trinajstić information content (AvgIpc) is 3.28. The lowest BCUT2D eigenvalue weighted by molar-refractivity contribution is -0.136. The Balaban J connectivity index is 1.35. The molecule has 39 heavy (non-hydrogen) atoms. The molecule has 0 aromatic heterocycles. The second kappa shape index (κ2) is 11.6. The van der Waals surface area contributed by atoms with Crippen molar-refractivity contribution in [3.8, 4) is 11.1 Å². The topological polar surface area (TPSA) is 95.9 Å². The number of nitrogens with one attached hydrogen (secondary N) is 1. The summed E-state index contributed by atoms with van der Waals surface area (Å²) in [4.78, 5) is 39.6. The van der Waals surface area contributed by atoms with Crippen molar-refractivity contribution in [3.05, 3.63) is 126 Å². The average molecular weight is 521 g/mol. The van der Waals surface area contributed by atoms with Crippen LogP contribution in [0.15, 0.2) is 109 Å². The molecule has 0 heterocycles. The van der Waals surface area contributed by atoms with E-state index in [0.29, 0.717) is 5.69 Å². The summed E-state index contributed by atoms with van der Waals surface area (Å²) in [5.41, 5.74) is 5.65. The third-order valence-corrected chi connectivity index (χ3v) is 6.84. The normalized spacial score (nSPS) is 12.6. The molecule has 4 aromatic carbocycles. The summed E-state index contributed by atoms with van der Waals surface area (Å²) in [6.45, 7) is -0.440. The summed E-state index contributed by atoms with van der Waals surface area (Å²) in [7, 11) is 0. The Morgan fingerprint density at radius 3 is 1.90 bits per heavy atom. The molecule has 0 aliphatic heterocycles. The highest BCUT2D eigenvalue weighted by atomic mass is 16.5. The fourth-order valence-corrected chi connectivity index (χ4v) is 5.06. The molecule has 4 aromatic rings. The lowest BCUT2D eigenvalue weighted by atomic mass is 9.98. The van der Waals surface area contributed by atoms with Gasteiger partial charge in [-0.15, -0.1) is 0 Å². The van der Waals surface area contributed by atoms with E-state index in [2.05, 4.69) is 17.4 Å². The number of anilines is 1. The van der Waals surface area contributed by atoms with Crippen molar-refractivity contribution in [3.63, 3.8) is 0 Å². The van der Waals surface area contributed by atoms with E-state index in [-0.39, 0.29) is 18.9 Å². The minimum Gasteiger partial charge on any atom is -0.480 e. The first-order valence-corrected chi connectivity index (χ1v) is 12.7. The van der Waals surface area contributed by atoms with Crippen LogP contribution in [0, 0.1) is 0 Å². The van der Waals surface area contributed by atoms with Crippen molar-refractivity contribution in [2.24, 2.45) is 0 Å². The Kier molecular flexibility index (Phi) is 7.68. The van der Waals surface area contributed by atoms with E-state index in [0.717, 1.165) is 27.8 Å². The minimum absolute atomic E-state index is 0.101. The van der Waals surface area contributed by atoms with E-state index in [9.17, 15) is 19.5 Å². The Bertz CT molecular complexity index is 1430. The molecule has 7 nitrogen and oxygen atoms in total. The third kappa shape index (κ3) is 5.83. The van der Waals surface area contributed by atoms with Crippen molar-refractivity contribution in [1.29, 1.82) is 0 Å². The van der Waals surface area contributed by atoms with E-state index >= 15 is 0 Å². The van der Waals surface area contributed by atoms with Crippen LogP contribution in [0.1, 0.15) is 22.6 Å². The first-order chi connectivity index (χ1) is 19.0. The van der Waals surface area contributed by atoms with E-state index in [1.54, 1.807) is 30.3 Å². The standard InChI is InChI=1S/C32H28N2O5/c35-30(36)20-34(23-13-5-2-6-14-23)31(37)29(19-22-11-3-1-4-12-22)33-32(38)39-21-28-26-17-9-7-15-24(26)25-16-8-10-18-27(25)28/h1-18,28-29H,19-21H2,(H,33,38)(H,35,36)/t29-/m1/s1. The number of para-hydroxylation sites is 1. The number of amides is 2. The Hall–Kier alpha value is -4.91. The number of hydrogen-bond acceptors (Lipinski definition) is 4. The number of carbonyl (C=O) groups excluding carboxylic acids is 2. The van der Waals surface area contributed by atoms with Crippen LogP contribution in [-0.4, -0.2) is 42.3 Å². The van der Waals surface area contributed by atoms with Gasteiger partial charge in [-0.3, -0.25) is 14.5 Å². The van der Waals surface area contributed by atoms with Crippen LogP contribution >= 0.6 is 0 Å². The number of carbonyl (C=O) groups is 3. The maximum atomic E-state index is 13.7. The van der Waals surface area contributed by atoms with Crippen molar-refractivity contribution in [2.75, 3.05) is 18.1 Å². The molecule has 0 spiro atoms. The van der Waals surface area contributed by atoms with E-state index < -0.39 is 30.6 Å². The van der Waals surface area contributed by atoms with E-state index in [1.807, 2.05) is 66.7 Å². The Morgan fingerprint density at radius 2 is 1.31 bits per heavy atom. The predicted molar refractivity (Wildman–Crippen MR) is 149 cm³/mol. The molecular formula is C32H28N2O5. The van der Waals surface area contributed by atoms with Crippen LogP contribution in [0.25, 0.3) is 11.1 Å². The van der Waals surface area contributed by atoms with Crippen molar-refractivity contribution >= 4 is 23.7 Å². The summed E-state index contributed by atoms with van der Waals surface area (Å²) in [5.74, 6) is -1.83. The van der Waals surface area contributed by atoms with Gasteiger partial charge in [0.2, 0.25) is 0 Å². The van der Waals surface area contributed by atoms with Gasteiger partial charge in [0.05, 0.1) is 0 Å². The number of rotatable bonds is 9. The molecule has 1 atom stereocenters. The number of fused-ring (bicyclic) bond motifs is 3. The smallest absolute Gasteiger partial charge is 0.407 e. The molecule has 0 radical (unpaired) electrons. The largest absolute Gasteiger partial charge is 0.480 e. The van der Waals surface area contributed by atoms with Gasteiger partial charge in [0.15, 0.2) is 0 Å². The fraction of sp³-hybridized carbons (Fsp3) is 0.156. The van der Waals surface area contributed by atoms with Crippen LogP contribution in [0.2, 0.25) is 0 Å². The molecule has 196 valence electrons. The van der Waals surface area contributed by atoms with Crippen LogP contribution in [0.3, 0.4) is 0 Å². The number of ether oxygens (including phenoxy) is 1. The lowest BCUT2D eigenvalue weighted by Crippen LogP contribution is -2.51. The van der Waals surface area contributed by atoms with Crippen LogP contribution in [0.5, 0.6) is 0 Å². The van der Waals surface area contributed by atoms with Gasteiger partial charge in [0.1, 0.15) is 19.2 Å². The van der Waals surface area contributed by atoms with Crippen molar-refractivity contribution in [1.82, 2.24) is 5.32 Å². The number of benzene rings is 4. The van der Waals surface area contributed by atoms with Crippen LogP contribution in [-0.2, 0) is 20.7 Å². The molecule has 1 aliphatic rings. The van der Waals surface area contributed by atoms with Gasteiger partial charge in [-0.1, -0.05) is 97.1 Å². The molecule has 0 unspecified atom stereocenters. The summed E-state index contributed by atoms with van der Waals surface area (Å²) in [5, 5.41) is 12.2.